The number of para-hydroxylation sites is 1. The highest BCUT2D eigenvalue weighted by Crippen LogP contribution is 2.30. The van der Waals surface area contributed by atoms with Crippen molar-refractivity contribution in [3.8, 4) is 0 Å². The van der Waals surface area contributed by atoms with E-state index < -0.39 is 9.84 Å². The molecule has 0 unspecified atom stereocenters. The van der Waals surface area contributed by atoms with Gasteiger partial charge in [-0.1, -0.05) is 54.9 Å². The van der Waals surface area contributed by atoms with Gasteiger partial charge in [-0.15, -0.1) is 5.10 Å². The Balaban J connectivity index is 1.67. The summed E-state index contributed by atoms with van der Waals surface area (Å²) in [6.45, 7) is 4.28. The van der Waals surface area contributed by atoms with Crippen molar-refractivity contribution >= 4 is 49.5 Å². The molecular formula is C24H20ClN5O2S. The van der Waals surface area contributed by atoms with Crippen molar-refractivity contribution in [2.45, 2.75) is 29.7 Å². The molecule has 0 aliphatic rings. The van der Waals surface area contributed by atoms with Gasteiger partial charge >= 0.3 is 0 Å². The molecule has 3 aromatic carbocycles. The van der Waals surface area contributed by atoms with E-state index in [1.54, 1.807) is 0 Å². The standard InChI is InChI=1S/C24H20ClN5O2S/c1-15(2)16-7-11-18(12-8-16)26-22-20-5-3-4-6-21(20)30-23(27-22)24(28-29-30)33(31,32)19-13-9-17(25)10-14-19/h3-15H,1-2H3,(H,26,27). The molecule has 166 valence electrons. The third-order valence-electron chi connectivity index (χ3n) is 5.44. The normalized spacial score (nSPS) is 12.0. The maximum atomic E-state index is 13.3. The lowest BCUT2D eigenvalue weighted by Gasteiger charge is -2.12. The Labute approximate surface area is 196 Å². The number of hydrogen-bond acceptors (Lipinski definition) is 6. The van der Waals surface area contributed by atoms with Crippen molar-refractivity contribution in [2.75, 3.05) is 5.32 Å². The molecule has 0 radical (unpaired) electrons. The Morgan fingerprint density at radius 3 is 2.33 bits per heavy atom. The molecule has 2 heterocycles. The highest BCUT2D eigenvalue weighted by Gasteiger charge is 2.27. The molecule has 5 rings (SSSR count). The van der Waals surface area contributed by atoms with Crippen LogP contribution in [0.5, 0.6) is 0 Å². The van der Waals surface area contributed by atoms with E-state index in [0.717, 1.165) is 11.1 Å². The maximum absolute atomic E-state index is 13.3. The SMILES string of the molecule is CC(C)c1ccc(Nc2nc3c(S(=O)(=O)c4ccc(Cl)cc4)nnn3c3ccccc23)cc1. The van der Waals surface area contributed by atoms with Crippen LogP contribution in [0.25, 0.3) is 16.6 Å². The first kappa shape index (κ1) is 21.4. The van der Waals surface area contributed by atoms with E-state index in [1.165, 1.54) is 34.3 Å². The van der Waals surface area contributed by atoms with Crippen molar-refractivity contribution < 1.29 is 8.42 Å². The van der Waals surface area contributed by atoms with E-state index in [0.29, 0.717) is 22.3 Å². The monoisotopic (exact) mass is 477 g/mol. The van der Waals surface area contributed by atoms with Gasteiger partial charge < -0.3 is 5.32 Å². The number of nitrogens with one attached hydrogen (secondary N) is 1. The molecule has 5 aromatic rings. The van der Waals surface area contributed by atoms with Crippen LogP contribution < -0.4 is 5.32 Å². The van der Waals surface area contributed by atoms with Crippen LogP contribution in [-0.4, -0.2) is 28.2 Å². The van der Waals surface area contributed by atoms with E-state index in [-0.39, 0.29) is 15.6 Å². The van der Waals surface area contributed by atoms with Gasteiger partial charge in [-0.25, -0.2) is 13.4 Å². The van der Waals surface area contributed by atoms with Crippen LogP contribution in [0.15, 0.2) is 82.7 Å². The third-order valence-corrected chi connectivity index (χ3v) is 7.36. The third kappa shape index (κ3) is 3.81. The van der Waals surface area contributed by atoms with Gasteiger partial charge in [-0.05, 0) is 60.0 Å². The van der Waals surface area contributed by atoms with Gasteiger partial charge in [-0.3, -0.25) is 0 Å². The average molecular weight is 478 g/mol. The van der Waals surface area contributed by atoms with Gasteiger partial charge in [-0.2, -0.15) is 4.52 Å². The fourth-order valence-electron chi connectivity index (χ4n) is 3.63. The van der Waals surface area contributed by atoms with Crippen molar-refractivity contribution in [1.29, 1.82) is 0 Å². The van der Waals surface area contributed by atoms with E-state index in [2.05, 4.69) is 46.6 Å². The Morgan fingerprint density at radius 2 is 1.64 bits per heavy atom. The minimum absolute atomic E-state index is 0.0723. The second-order valence-electron chi connectivity index (χ2n) is 7.97. The fourth-order valence-corrected chi connectivity index (χ4v) is 4.99. The van der Waals surface area contributed by atoms with Crippen LogP contribution in [0, 0.1) is 0 Å². The number of halogens is 1. The Kier molecular flexibility index (Phi) is 5.26. The number of benzene rings is 3. The summed E-state index contributed by atoms with van der Waals surface area (Å²) < 4.78 is 28.1. The average Bonchev–Trinajstić information content (AvgIpc) is 3.25. The molecule has 9 heteroatoms. The second kappa shape index (κ2) is 8.13. The van der Waals surface area contributed by atoms with Gasteiger partial charge in [0.25, 0.3) is 0 Å². The molecule has 0 saturated carbocycles. The van der Waals surface area contributed by atoms with Gasteiger partial charge in [0.1, 0.15) is 5.82 Å². The predicted molar refractivity (Wildman–Crippen MR) is 129 cm³/mol. The summed E-state index contributed by atoms with van der Waals surface area (Å²) in [5.41, 5.74) is 2.90. The number of hydrogen-bond donors (Lipinski definition) is 1. The first-order valence-corrected chi connectivity index (χ1v) is 12.2. The molecule has 0 aliphatic heterocycles. The molecule has 0 bridgehead atoms. The van der Waals surface area contributed by atoms with E-state index in [4.69, 9.17) is 11.6 Å². The van der Waals surface area contributed by atoms with Crippen LogP contribution in [-0.2, 0) is 9.84 Å². The number of anilines is 2. The lowest BCUT2D eigenvalue weighted by Crippen LogP contribution is -2.05. The molecule has 0 saturated heterocycles. The molecule has 1 N–H and O–H groups in total. The second-order valence-corrected chi connectivity index (χ2v) is 10.3. The smallest absolute Gasteiger partial charge is 0.229 e. The minimum atomic E-state index is -3.96. The minimum Gasteiger partial charge on any atom is -0.340 e. The van der Waals surface area contributed by atoms with Crippen LogP contribution in [0.1, 0.15) is 25.3 Å². The van der Waals surface area contributed by atoms with Crippen molar-refractivity contribution in [3.63, 3.8) is 0 Å². The fraction of sp³-hybridized carbons (Fsp3) is 0.125. The van der Waals surface area contributed by atoms with Crippen LogP contribution >= 0.6 is 11.6 Å². The maximum Gasteiger partial charge on any atom is 0.229 e. The first-order chi connectivity index (χ1) is 15.8. The van der Waals surface area contributed by atoms with Crippen molar-refractivity contribution in [3.05, 3.63) is 83.4 Å². The first-order valence-electron chi connectivity index (χ1n) is 10.4. The summed E-state index contributed by atoms with van der Waals surface area (Å²) in [7, 11) is -3.96. The zero-order valence-corrected chi connectivity index (χ0v) is 19.5. The Bertz CT molecular complexity index is 1580. The topological polar surface area (TPSA) is 89.2 Å². The summed E-state index contributed by atoms with van der Waals surface area (Å²) in [5.74, 6) is 0.943. The number of sulfone groups is 1. The summed E-state index contributed by atoms with van der Waals surface area (Å²) in [5, 5.41) is 12.5. The van der Waals surface area contributed by atoms with Crippen LogP contribution in [0.4, 0.5) is 11.5 Å². The highest BCUT2D eigenvalue weighted by atomic mass is 35.5. The highest BCUT2D eigenvalue weighted by molar-refractivity contribution is 7.91. The quantitative estimate of drug-likeness (QED) is 0.353. The molecule has 7 nitrogen and oxygen atoms in total. The predicted octanol–water partition coefficient (Wildman–Crippen LogP) is 5.63. The van der Waals surface area contributed by atoms with Crippen molar-refractivity contribution in [1.82, 2.24) is 19.8 Å². The molecule has 0 amide bonds. The summed E-state index contributed by atoms with van der Waals surface area (Å²) in [6, 6.07) is 21.5. The van der Waals surface area contributed by atoms with Gasteiger partial charge in [0.15, 0.2) is 5.65 Å². The molecule has 0 fully saturated rings. The van der Waals surface area contributed by atoms with E-state index in [1.807, 2.05) is 36.4 Å². The zero-order valence-electron chi connectivity index (χ0n) is 17.9. The van der Waals surface area contributed by atoms with Gasteiger partial charge in [0, 0.05) is 16.1 Å². The lowest BCUT2D eigenvalue weighted by molar-refractivity contribution is 0.592. The Morgan fingerprint density at radius 1 is 0.939 bits per heavy atom. The van der Waals surface area contributed by atoms with Crippen molar-refractivity contribution in [2.24, 2.45) is 0 Å². The molecular weight excluding hydrogens is 458 g/mol. The summed E-state index contributed by atoms with van der Waals surface area (Å²) in [6.07, 6.45) is 0. The zero-order chi connectivity index (χ0) is 23.2. The molecule has 0 spiro atoms. The van der Waals surface area contributed by atoms with E-state index >= 15 is 0 Å². The molecule has 33 heavy (non-hydrogen) atoms. The lowest BCUT2D eigenvalue weighted by atomic mass is 10.0. The van der Waals surface area contributed by atoms with Crippen LogP contribution in [0.2, 0.25) is 5.02 Å². The van der Waals surface area contributed by atoms with Crippen LogP contribution in [0.3, 0.4) is 0 Å². The van der Waals surface area contributed by atoms with Gasteiger partial charge in [0.2, 0.25) is 14.9 Å². The number of fused-ring (bicyclic) bond motifs is 3. The number of nitrogens with zero attached hydrogens (tertiary/aromatic N) is 4. The van der Waals surface area contributed by atoms with E-state index in [9.17, 15) is 8.42 Å². The Hall–Kier alpha value is -3.49. The largest absolute Gasteiger partial charge is 0.340 e. The molecule has 0 atom stereocenters. The van der Waals surface area contributed by atoms with Gasteiger partial charge in [0.05, 0.1) is 10.4 Å². The number of aromatic nitrogens is 4. The summed E-state index contributed by atoms with van der Waals surface area (Å²) >= 11 is 5.92. The number of rotatable bonds is 5. The summed E-state index contributed by atoms with van der Waals surface area (Å²) in [4.78, 5) is 4.72. The molecule has 0 aliphatic carbocycles. The molecule has 2 aromatic heterocycles.